The predicted molar refractivity (Wildman–Crippen MR) is 66.0 cm³/mol. The molecule has 0 saturated carbocycles. The van der Waals surface area contributed by atoms with Crippen molar-refractivity contribution in [2.45, 2.75) is 39.0 Å². The smallest absolute Gasteiger partial charge is 0.133 e. The molecule has 0 aromatic carbocycles. The molecule has 0 rings (SSSR count). The first-order valence-electron chi connectivity index (χ1n) is 6.15. The van der Waals surface area contributed by atoms with Crippen LogP contribution in [0.15, 0.2) is 0 Å². The lowest BCUT2D eigenvalue weighted by atomic mass is 10.00. The summed E-state index contributed by atoms with van der Waals surface area (Å²) >= 11 is 0. The topological polar surface area (TPSA) is 52.6 Å². The van der Waals surface area contributed by atoms with Crippen LogP contribution < -0.4 is 0 Å². The molecule has 0 fully saturated rings. The number of hydrogen-bond acceptors (Lipinski definition) is 4. The molecule has 0 aliphatic rings. The van der Waals surface area contributed by atoms with Crippen LogP contribution in [0.2, 0.25) is 0 Å². The van der Waals surface area contributed by atoms with Crippen molar-refractivity contribution in [2.75, 3.05) is 27.4 Å². The zero-order chi connectivity index (χ0) is 13.1. The Morgan fingerprint density at radius 3 is 2.00 bits per heavy atom. The monoisotopic (exact) mass is 244 g/mol. The second-order valence-corrected chi connectivity index (χ2v) is 4.27. The first-order chi connectivity index (χ1) is 8.13. The highest BCUT2D eigenvalue weighted by molar-refractivity contribution is 5.81. The number of hydrogen-bond donors (Lipinski definition) is 0. The van der Waals surface area contributed by atoms with Crippen LogP contribution >= 0.6 is 0 Å². The highest BCUT2D eigenvalue weighted by Crippen LogP contribution is 2.09. The van der Waals surface area contributed by atoms with E-state index in [4.69, 9.17) is 9.47 Å². The van der Waals surface area contributed by atoms with Gasteiger partial charge in [-0.05, 0) is 6.42 Å². The fourth-order valence-corrected chi connectivity index (χ4v) is 1.72. The minimum absolute atomic E-state index is 0.124. The van der Waals surface area contributed by atoms with Crippen LogP contribution in [0, 0.1) is 5.92 Å². The molecule has 0 atom stereocenters. The van der Waals surface area contributed by atoms with Crippen molar-refractivity contribution in [1.82, 2.24) is 0 Å². The summed E-state index contributed by atoms with van der Waals surface area (Å²) in [6.45, 7) is 2.91. The minimum atomic E-state index is 0.124. The van der Waals surface area contributed by atoms with E-state index < -0.39 is 0 Å². The third-order valence-electron chi connectivity index (χ3n) is 2.63. The van der Waals surface area contributed by atoms with Gasteiger partial charge in [0.15, 0.2) is 0 Å². The van der Waals surface area contributed by atoms with Crippen molar-refractivity contribution >= 4 is 11.6 Å². The summed E-state index contributed by atoms with van der Waals surface area (Å²) in [4.78, 5) is 22.7. The third-order valence-corrected chi connectivity index (χ3v) is 2.63. The number of carbonyl (C=O) groups is 2. The molecule has 4 nitrogen and oxygen atoms in total. The standard InChI is InChI=1S/C13H24O4/c1-4-12(14)6-5-7-13(15)8-11(9-16-2)10-17-3/h11H,4-10H2,1-3H3. The van der Waals surface area contributed by atoms with E-state index in [0.717, 1.165) is 0 Å². The first-order valence-corrected chi connectivity index (χ1v) is 6.15. The van der Waals surface area contributed by atoms with Crippen molar-refractivity contribution in [3.8, 4) is 0 Å². The fraction of sp³-hybridized carbons (Fsp3) is 0.846. The molecule has 0 saturated heterocycles. The van der Waals surface area contributed by atoms with Crippen LogP contribution in [-0.2, 0) is 19.1 Å². The van der Waals surface area contributed by atoms with Gasteiger partial charge < -0.3 is 9.47 Å². The molecule has 0 unspecified atom stereocenters. The summed E-state index contributed by atoms with van der Waals surface area (Å²) in [5.41, 5.74) is 0. The summed E-state index contributed by atoms with van der Waals surface area (Å²) in [5.74, 6) is 0.538. The first kappa shape index (κ1) is 16.3. The van der Waals surface area contributed by atoms with E-state index >= 15 is 0 Å². The van der Waals surface area contributed by atoms with E-state index in [1.165, 1.54) is 0 Å². The van der Waals surface area contributed by atoms with E-state index in [9.17, 15) is 9.59 Å². The van der Waals surface area contributed by atoms with Crippen molar-refractivity contribution in [1.29, 1.82) is 0 Å². The molecule has 0 aliphatic heterocycles. The Balaban J connectivity index is 3.77. The molecule has 17 heavy (non-hydrogen) atoms. The number of Topliss-reactive ketones (excluding diaryl/α,β-unsaturated/α-hetero) is 2. The van der Waals surface area contributed by atoms with Gasteiger partial charge in [0.2, 0.25) is 0 Å². The summed E-state index contributed by atoms with van der Waals surface area (Å²) < 4.78 is 10.1. The lowest BCUT2D eigenvalue weighted by Gasteiger charge is -2.13. The summed E-state index contributed by atoms with van der Waals surface area (Å²) in [6.07, 6.45) is 2.70. The molecule has 0 aromatic heterocycles. The van der Waals surface area contributed by atoms with Gasteiger partial charge in [0.1, 0.15) is 11.6 Å². The third kappa shape index (κ3) is 9.01. The number of ketones is 2. The quantitative estimate of drug-likeness (QED) is 0.558. The average molecular weight is 244 g/mol. The van der Waals surface area contributed by atoms with Gasteiger partial charge in [0, 0.05) is 45.8 Å². The number of methoxy groups -OCH3 is 2. The van der Waals surface area contributed by atoms with Gasteiger partial charge in [0.25, 0.3) is 0 Å². The highest BCUT2D eigenvalue weighted by Gasteiger charge is 2.13. The van der Waals surface area contributed by atoms with E-state index in [1.807, 2.05) is 6.92 Å². The van der Waals surface area contributed by atoms with E-state index in [-0.39, 0.29) is 17.5 Å². The fourth-order valence-electron chi connectivity index (χ4n) is 1.72. The second kappa shape index (κ2) is 10.4. The van der Waals surface area contributed by atoms with Crippen LogP contribution in [0.1, 0.15) is 39.0 Å². The van der Waals surface area contributed by atoms with Crippen molar-refractivity contribution in [3.05, 3.63) is 0 Å². The molecule has 4 heteroatoms. The molecular weight excluding hydrogens is 220 g/mol. The Bertz CT molecular complexity index is 219. The van der Waals surface area contributed by atoms with Gasteiger partial charge in [-0.3, -0.25) is 9.59 Å². The van der Waals surface area contributed by atoms with E-state index in [0.29, 0.717) is 45.3 Å². The lowest BCUT2D eigenvalue weighted by Crippen LogP contribution is -2.18. The zero-order valence-corrected chi connectivity index (χ0v) is 11.2. The molecule has 0 aromatic rings. The van der Waals surface area contributed by atoms with Crippen LogP contribution in [0.3, 0.4) is 0 Å². The van der Waals surface area contributed by atoms with Crippen molar-refractivity contribution in [3.63, 3.8) is 0 Å². The molecule has 100 valence electrons. The van der Waals surface area contributed by atoms with Gasteiger partial charge in [-0.1, -0.05) is 6.92 Å². The summed E-state index contributed by atoms with van der Waals surface area (Å²) in [5, 5.41) is 0. The van der Waals surface area contributed by atoms with Crippen LogP contribution in [0.4, 0.5) is 0 Å². The number of carbonyl (C=O) groups excluding carboxylic acids is 2. The Labute approximate surface area is 104 Å². The Morgan fingerprint density at radius 1 is 1.00 bits per heavy atom. The molecule has 0 N–H and O–H groups in total. The Kier molecular flexibility index (Phi) is 9.96. The SMILES string of the molecule is CCC(=O)CCCC(=O)CC(COC)COC. The number of rotatable bonds is 11. The lowest BCUT2D eigenvalue weighted by molar-refractivity contribution is -0.121. The Morgan fingerprint density at radius 2 is 1.53 bits per heavy atom. The van der Waals surface area contributed by atoms with Gasteiger partial charge in [-0.25, -0.2) is 0 Å². The second-order valence-electron chi connectivity index (χ2n) is 4.27. The van der Waals surface area contributed by atoms with Crippen LogP contribution in [-0.4, -0.2) is 39.0 Å². The van der Waals surface area contributed by atoms with Crippen molar-refractivity contribution < 1.29 is 19.1 Å². The normalized spacial score (nSPS) is 10.8. The maximum absolute atomic E-state index is 11.7. The summed E-state index contributed by atoms with van der Waals surface area (Å²) in [6, 6.07) is 0. The molecule has 0 spiro atoms. The van der Waals surface area contributed by atoms with Gasteiger partial charge >= 0.3 is 0 Å². The maximum atomic E-state index is 11.7. The minimum Gasteiger partial charge on any atom is -0.384 e. The molecular formula is C13H24O4. The van der Waals surface area contributed by atoms with Gasteiger partial charge in [-0.2, -0.15) is 0 Å². The average Bonchev–Trinajstić information content (AvgIpc) is 2.29. The van der Waals surface area contributed by atoms with Crippen LogP contribution in [0.25, 0.3) is 0 Å². The molecule has 0 aliphatic carbocycles. The molecule has 0 amide bonds. The molecule has 0 bridgehead atoms. The zero-order valence-electron chi connectivity index (χ0n) is 11.2. The van der Waals surface area contributed by atoms with E-state index in [2.05, 4.69) is 0 Å². The van der Waals surface area contributed by atoms with Gasteiger partial charge in [-0.15, -0.1) is 0 Å². The molecule has 0 heterocycles. The largest absolute Gasteiger partial charge is 0.384 e. The molecule has 0 radical (unpaired) electrons. The van der Waals surface area contributed by atoms with Crippen LogP contribution in [0.5, 0.6) is 0 Å². The Hall–Kier alpha value is -0.740. The summed E-state index contributed by atoms with van der Waals surface area (Å²) in [7, 11) is 3.24. The highest BCUT2D eigenvalue weighted by atomic mass is 16.5. The number of ether oxygens (including phenoxy) is 2. The predicted octanol–water partition coefficient (Wildman–Crippen LogP) is 2.00. The van der Waals surface area contributed by atoms with Crippen molar-refractivity contribution in [2.24, 2.45) is 5.92 Å². The maximum Gasteiger partial charge on any atom is 0.133 e. The van der Waals surface area contributed by atoms with Gasteiger partial charge in [0.05, 0.1) is 13.2 Å². The van der Waals surface area contributed by atoms with E-state index in [1.54, 1.807) is 14.2 Å².